The van der Waals surface area contributed by atoms with Crippen LogP contribution in [0.1, 0.15) is 425 Å². The Hall–Kier alpha value is -1.66. The third-order valence-electron chi connectivity index (χ3n) is 17.7. The van der Waals surface area contributed by atoms with Gasteiger partial charge in [-0.1, -0.05) is 378 Å². The van der Waals surface area contributed by atoms with Gasteiger partial charge in [0.1, 0.15) is 0 Å². The van der Waals surface area contributed by atoms with E-state index in [1.54, 1.807) is 6.08 Å². The summed E-state index contributed by atoms with van der Waals surface area (Å²) in [5.41, 5.74) is 0. The number of ether oxygens (including phenoxy) is 1. The molecule has 0 saturated heterocycles. The lowest BCUT2D eigenvalue weighted by Gasteiger charge is -2.20. The number of carbonyl (C=O) groups is 2. The van der Waals surface area contributed by atoms with Gasteiger partial charge in [-0.15, -0.1) is 0 Å². The average molecular weight is 1160 g/mol. The van der Waals surface area contributed by atoms with E-state index in [0.717, 1.165) is 44.9 Å². The first-order chi connectivity index (χ1) is 40.5. The zero-order chi connectivity index (χ0) is 59.2. The van der Waals surface area contributed by atoms with Crippen molar-refractivity contribution in [3.8, 4) is 0 Å². The van der Waals surface area contributed by atoms with Crippen LogP contribution in [0.2, 0.25) is 0 Å². The van der Waals surface area contributed by atoms with E-state index in [1.807, 2.05) is 6.08 Å². The molecule has 6 heteroatoms. The number of carbonyl (C=O) groups excluding carboxylic acids is 2. The van der Waals surface area contributed by atoms with Gasteiger partial charge in [-0.25, -0.2) is 0 Å². The first-order valence-corrected chi connectivity index (χ1v) is 37.6. The number of aliphatic hydroxyl groups excluding tert-OH is 2. The predicted octanol–water partition coefficient (Wildman–Crippen LogP) is 24.5. The summed E-state index contributed by atoms with van der Waals surface area (Å²) in [7, 11) is 0. The third-order valence-corrected chi connectivity index (χ3v) is 17.7. The maximum atomic E-state index is 12.5. The summed E-state index contributed by atoms with van der Waals surface area (Å²) in [6.45, 7) is 4.94. The molecule has 0 aliphatic heterocycles. The summed E-state index contributed by atoms with van der Waals surface area (Å²) >= 11 is 0. The molecule has 2 atom stereocenters. The molecule has 0 fully saturated rings. The number of unbranched alkanes of at least 4 members (excludes halogenated alkanes) is 58. The van der Waals surface area contributed by atoms with E-state index in [2.05, 4.69) is 31.3 Å². The van der Waals surface area contributed by atoms with Crippen LogP contribution in [0.15, 0.2) is 24.3 Å². The normalized spacial score (nSPS) is 12.6. The number of nitrogens with one attached hydrogen (secondary N) is 1. The topological polar surface area (TPSA) is 95.9 Å². The predicted molar refractivity (Wildman–Crippen MR) is 361 cm³/mol. The van der Waals surface area contributed by atoms with Crippen molar-refractivity contribution in [2.24, 2.45) is 0 Å². The zero-order valence-electron chi connectivity index (χ0n) is 55.8. The Balaban J connectivity index is 3.38. The summed E-state index contributed by atoms with van der Waals surface area (Å²) in [5, 5.41) is 23.3. The number of hydrogen-bond acceptors (Lipinski definition) is 5. The number of allylic oxidation sites excluding steroid dienone is 3. The van der Waals surface area contributed by atoms with Crippen LogP contribution in [0.25, 0.3) is 0 Å². The first-order valence-electron chi connectivity index (χ1n) is 37.6. The van der Waals surface area contributed by atoms with Crippen molar-refractivity contribution in [3.05, 3.63) is 24.3 Å². The minimum Gasteiger partial charge on any atom is -0.466 e. The summed E-state index contributed by atoms with van der Waals surface area (Å²) in [4.78, 5) is 24.6. The van der Waals surface area contributed by atoms with Crippen molar-refractivity contribution < 1.29 is 24.5 Å². The Bertz CT molecular complexity index is 1280. The van der Waals surface area contributed by atoms with E-state index in [4.69, 9.17) is 4.74 Å². The number of amides is 1. The largest absolute Gasteiger partial charge is 0.466 e. The zero-order valence-corrected chi connectivity index (χ0v) is 55.8. The minimum absolute atomic E-state index is 0.0107. The lowest BCUT2D eigenvalue weighted by Crippen LogP contribution is -2.45. The summed E-state index contributed by atoms with van der Waals surface area (Å²) < 4.78 is 5.49. The quantitative estimate of drug-likeness (QED) is 0.0320. The Labute approximate surface area is 513 Å². The summed E-state index contributed by atoms with van der Waals surface area (Å²) in [5.74, 6) is -0.0498. The van der Waals surface area contributed by atoms with Gasteiger partial charge in [0.15, 0.2) is 0 Å². The van der Waals surface area contributed by atoms with Gasteiger partial charge in [0.2, 0.25) is 5.91 Å². The molecule has 82 heavy (non-hydrogen) atoms. The van der Waals surface area contributed by atoms with E-state index >= 15 is 0 Å². The second kappa shape index (κ2) is 71.8. The second-order valence-electron chi connectivity index (χ2n) is 26.0. The van der Waals surface area contributed by atoms with Crippen molar-refractivity contribution >= 4 is 11.9 Å². The van der Waals surface area contributed by atoms with Crippen LogP contribution in [0.4, 0.5) is 0 Å². The Kier molecular flexibility index (Phi) is 70.4. The van der Waals surface area contributed by atoms with Crippen molar-refractivity contribution in [1.29, 1.82) is 0 Å². The molecule has 0 aliphatic carbocycles. The molecule has 6 nitrogen and oxygen atoms in total. The SMILES string of the molecule is CCCCCCCC/C=C\CCCCCCCC(=O)OCCCCCCCCCCCCCCCCCCCCCCCCCCCCCC(=O)NC(CO)C(O)/C=C/CCCCCCCCCCCCCCCCCCCCCCC. The van der Waals surface area contributed by atoms with Gasteiger partial charge in [-0.3, -0.25) is 9.59 Å². The van der Waals surface area contributed by atoms with E-state index in [-0.39, 0.29) is 18.5 Å². The highest BCUT2D eigenvalue weighted by Gasteiger charge is 2.18. The van der Waals surface area contributed by atoms with Crippen LogP contribution in [-0.4, -0.2) is 47.4 Å². The highest BCUT2D eigenvalue weighted by molar-refractivity contribution is 5.76. The highest BCUT2D eigenvalue weighted by Crippen LogP contribution is 2.19. The smallest absolute Gasteiger partial charge is 0.305 e. The standard InChI is InChI=1S/C76H147NO5/c1-3-5-7-9-11-13-15-17-19-20-21-22-28-31-34-37-41-44-48-52-56-60-64-68-74(79)73(72-78)77-75(80)69-65-61-57-53-49-45-42-38-35-32-29-26-24-23-25-27-30-33-36-39-43-47-51-55-59-63-67-71-82-76(81)70-66-62-58-54-50-46-40-18-16-14-12-10-8-6-4-2/h18,40,64,68,73-74,78-79H,3-17,19-39,41-63,65-67,69-72H2,1-2H3,(H,77,80)/b40-18-,68-64+. The van der Waals surface area contributed by atoms with Gasteiger partial charge in [0, 0.05) is 12.8 Å². The van der Waals surface area contributed by atoms with Crippen LogP contribution in [0.5, 0.6) is 0 Å². The molecule has 0 aromatic carbocycles. The van der Waals surface area contributed by atoms with Gasteiger partial charge in [0.25, 0.3) is 0 Å². The molecule has 0 heterocycles. The molecule has 1 amide bonds. The summed E-state index contributed by atoms with van der Waals surface area (Å²) in [6, 6.07) is -0.627. The molecule has 0 saturated carbocycles. The van der Waals surface area contributed by atoms with Crippen LogP contribution in [0.3, 0.4) is 0 Å². The number of rotatable bonds is 71. The number of esters is 1. The maximum absolute atomic E-state index is 12.5. The fourth-order valence-corrected chi connectivity index (χ4v) is 12.0. The maximum Gasteiger partial charge on any atom is 0.305 e. The third kappa shape index (κ3) is 67.5. The Morgan fingerprint density at radius 3 is 0.866 bits per heavy atom. The van der Waals surface area contributed by atoms with Crippen LogP contribution in [-0.2, 0) is 14.3 Å². The molecule has 0 radical (unpaired) electrons. The van der Waals surface area contributed by atoms with Gasteiger partial charge in [-0.2, -0.15) is 0 Å². The van der Waals surface area contributed by atoms with Crippen LogP contribution < -0.4 is 5.32 Å². The van der Waals surface area contributed by atoms with Crippen molar-refractivity contribution in [1.82, 2.24) is 5.32 Å². The van der Waals surface area contributed by atoms with Crippen molar-refractivity contribution in [2.45, 2.75) is 437 Å². The van der Waals surface area contributed by atoms with Gasteiger partial charge in [-0.05, 0) is 57.8 Å². The molecule has 3 N–H and O–H groups in total. The van der Waals surface area contributed by atoms with Gasteiger partial charge >= 0.3 is 5.97 Å². The van der Waals surface area contributed by atoms with Crippen LogP contribution in [0, 0.1) is 0 Å². The Morgan fingerprint density at radius 1 is 0.329 bits per heavy atom. The molecular formula is C76H147NO5. The first kappa shape index (κ1) is 80.3. The highest BCUT2D eigenvalue weighted by atomic mass is 16.5. The fraction of sp³-hybridized carbons (Fsp3) is 0.921. The molecule has 0 aromatic heterocycles. The van der Waals surface area contributed by atoms with E-state index in [1.165, 1.54) is 353 Å². The molecule has 0 aromatic rings. The molecule has 0 bridgehead atoms. The Morgan fingerprint density at radius 2 is 0.573 bits per heavy atom. The molecule has 2 unspecified atom stereocenters. The van der Waals surface area contributed by atoms with Crippen LogP contribution >= 0.6 is 0 Å². The number of aliphatic hydroxyl groups is 2. The van der Waals surface area contributed by atoms with E-state index < -0.39 is 12.1 Å². The molecule has 0 aliphatic rings. The van der Waals surface area contributed by atoms with Crippen molar-refractivity contribution in [2.75, 3.05) is 13.2 Å². The van der Waals surface area contributed by atoms with E-state index in [9.17, 15) is 19.8 Å². The fourth-order valence-electron chi connectivity index (χ4n) is 12.0. The van der Waals surface area contributed by atoms with Gasteiger partial charge < -0.3 is 20.3 Å². The lowest BCUT2D eigenvalue weighted by molar-refractivity contribution is -0.143. The lowest BCUT2D eigenvalue weighted by atomic mass is 10.0. The molecule has 486 valence electrons. The molecular weight excluding hydrogens is 1010 g/mol. The summed E-state index contributed by atoms with van der Waals surface area (Å²) in [6.07, 6.45) is 91.3. The van der Waals surface area contributed by atoms with Gasteiger partial charge in [0.05, 0.1) is 25.4 Å². The van der Waals surface area contributed by atoms with Crippen molar-refractivity contribution in [3.63, 3.8) is 0 Å². The average Bonchev–Trinajstić information content (AvgIpc) is 3.48. The molecule has 0 rings (SSSR count). The monoisotopic (exact) mass is 1150 g/mol. The molecule has 0 spiro atoms. The number of hydrogen-bond donors (Lipinski definition) is 3. The van der Waals surface area contributed by atoms with E-state index in [0.29, 0.717) is 19.4 Å². The second-order valence-corrected chi connectivity index (χ2v) is 26.0. The minimum atomic E-state index is -0.844.